The number of rotatable bonds is 7. The minimum Gasteiger partial charge on any atom is -0.456 e. The molecule has 0 N–H and O–H groups in total. The monoisotopic (exact) mass is 840 g/mol. The normalized spacial score (nSPS) is 12.4. The molecule has 7 nitrogen and oxygen atoms in total. The first-order valence-electron chi connectivity index (χ1n) is 21.1. The van der Waals surface area contributed by atoms with Crippen LogP contribution < -0.4 is 0 Å². The summed E-state index contributed by atoms with van der Waals surface area (Å²) in [7, 11) is 0. The van der Waals surface area contributed by atoms with E-state index in [2.05, 4.69) is 144 Å². The van der Waals surface area contributed by atoms with Crippen molar-refractivity contribution in [3.05, 3.63) is 211 Å². The molecule has 0 radical (unpaired) electrons. The van der Waals surface area contributed by atoms with E-state index < -0.39 is 0 Å². The third-order valence-corrected chi connectivity index (χ3v) is 13.0. The first-order valence-corrected chi connectivity index (χ1v) is 21.9. The number of amidine groups is 2. The summed E-state index contributed by atoms with van der Waals surface area (Å²) in [6, 6.07) is 66.7. The Morgan fingerprint density at radius 3 is 2.11 bits per heavy atom. The maximum absolute atomic E-state index is 6.68. The van der Waals surface area contributed by atoms with Gasteiger partial charge in [-0.05, 0) is 60.8 Å². The number of aliphatic imine (C=N–C) groups is 3. The quantitative estimate of drug-likeness (QED) is 0.118. The molecule has 12 aromatic rings. The van der Waals surface area contributed by atoms with Crippen LogP contribution >= 0.6 is 11.3 Å². The Balaban J connectivity index is 1.03. The van der Waals surface area contributed by atoms with E-state index in [0.717, 1.165) is 82.2 Å². The lowest BCUT2D eigenvalue weighted by atomic mass is 10.0. The molecule has 302 valence electrons. The summed E-state index contributed by atoms with van der Waals surface area (Å²) in [4.78, 5) is 25.2. The number of thiophene rings is 1. The topological polar surface area (TPSA) is 80.9 Å². The number of fused-ring (bicyclic) bond motifs is 9. The predicted octanol–water partition coefficient (Wildman–Crippen LogP) is 14.3. The van der Waals surface area contributed by atoms with Gasteiger partial charge in [0.25, 0.3) is 0 Å². The summed E-state index contributed by atoms with van der Waals surface area (Å²) in [6.45, 7) is 4.31. The second kappa shape index (κ2) is 15.5. The van der Waals surface area contributed by atoms with Crippen molar-refractivity contribution >= 4 is 93.8 Å². The third kappa shape index (κ3) is 6.39. The van der Waals surface area contributed by atoms with Crippen molar-refractivity contribution in [2.45, 2.75) is 6.54 Å². The van der Waals surface area contributed by atoms with Crippen molar-refractivity contribution in [2.75, 3.05) is 0 Å². The van der Waals surface area contributed by atoms with Gasteiger partial charge in [-0.1, -0.05) is 146 Å². The highest BCUT2D eigenvalue weighted by molar-refractivity contribution is 7.26. The highest BCUT2D eigenvalue weighted by atomic mass is 32.1. The fraction of sp³-hybridized carbons (Fsp3) is 0.0179. The van der Waals surface area contributed by atoms with E-state index in [1.807, 2.05) is 66.7 Å². The number of nitrogens with zero attached hydrogens (tertiary/aromatic N) is 6. The third-order valence-electron chi connectivity index (χ3n) is 11.8. The molecule has 0 atom stereocenters. The van der Waals surface area contributed by atoms with E-state index >= 15 is 0 Å². The van der Waals surface area contributed by atoms with Crippen molar-refractivity contribution in [1.29, 1.82) is 0 Å². The second-order valence-electron chi connectivity index (χ2n) is 15.7. The van der Waals surface area contributed by atoms with E-state index in [-0.39, 0.29) is 0 Å². The zero-order valence-electron chi connectivity index (χ0n) is 34.4. The molecule has 0 aliphatic heterocycles. The van der Waals surface area contributed by atoms with Gasteiger partial charge in [-0.25, -0.2) is 20.0 Å². The number of benzene rings is 8. The van der Waals surface area contributed by atoms with Crippen LogP contribution in [0.25, 0.3) is 92.4 Å². The number of para-hydroxylation sites is 2. The highest BCUT2D eigenvalue weighted by Crippen LogP contribution is 2.42. The Bertz CT molecular complexity index is 3830. The van der Waals surface area contributed by atoms with E-state index in [1.165, 1.54) is 15.5 Å². The van der Waals surface area contributed by atoms with Gasteiger partial charge >= 0.3 is 0 Å². The molecule has 12 rings (SSSR count). The molecule has 0 amide bonds. The van der Waals surface area contributed by atoms with Crippen LogP contribution in [0.15, 0.2) is 214 Å². The predicted molar refractivity (Wildman–Crippen MR) is 267 cm³/mol. The lowest BCUT2D eigenvalue weighted by molar-refractivity contribution is 0.669. The molecule has 0 saturated carbocycles. The summed E-state index contributed by atoms with van der Waals surface area (Å²) in [5.74, 6) is 1.65. The van der Waals surface area contributed by atoms with Crippen molar-refractivity contribution < 1.29 is 4.42 Å². The first kappa shape index (κ1) is 37.4. The van der Waals surface area contributed by atoms with E-state index in [9.17, 15) is 0 Å². The fourth-order valence-corrected chi connectivity index (χ4v) is 10.0. The standard InChI is InChI=1S/C56H36N6OS/c1-57-54(36-18-7-3-8-19-36)61-56(58-34-35-16-5-2-6-17-35)44-24-15-26-47-50(44)42-31-29-38(33-48(42)63-47)55-59-51(53-52(60-55)43-23-12-14-27-49(43)64-53)37-28-30-41-40-22-11-13-25-45(40)62(46(41)32-37)39-20-9-4-10-21-39/h2-33H,1,34H2. The molecule has 0 aliphatic rings. The van der Waals surface area contributed by atoms with Crippen LogP contribution in [0.5, 0.6) is 0 Å². The fourth-order valence-electron chi connectivity index (χ4n) is 8.85. The molecular weight excluding hydrogens is 805 g/mol. The van der Waals surface area contributed by atoms with Gasteiger partial charge in [0, 0.05) is 59.6 Å². The smallest absolute Gasteiger partial charge is 0.161 e. The van der Waals surface area contributed by atoms with Gasteiger partial charge in [-0.15, -0.1) is 11.3 Å². The number of furan rings is 1. The molecule has 4 aromatic heterocycles. The molecule has 4 heterocycles. The van der Waals surface area contributed by atoms with Gasteiger partial charge in [0.2, 0.25) is 0 Å². The number of aromatic nitrogens is 3. The maximum atomic E-state index is 6.68. The van der Waals surface area contributed by atoms with E-state index in [4.69, 9.17) is 24.4 Å². The van der Waals surface area contributed by atoms with Crippen LogP contribution in [-0.4, -0.2) is 32.9 Å². The second-order valence-corrected chi connectivity index (χ2v) is 16.7. The summed E-state index contributed by atoms with van der Waals surface area (Å²) in [5, 5.41) is 5.36. The summed E-state index contributed by atoms with van der Waals surface area (Å²) in [6.07, 6.45) is 0. The minimum atomic E-state index is 0.441. The van der Waals surface area contributed by atoms with Crippen LogP contribution in [0, 0.1) is 0 Å². The van der Waals surface area contributed by atoms with Crippen molar-refractivity contribution in [3.8, 4) is 28.3 Å². The zero-order chi connectivity index (χ0) is 42.6. The molecule has 0 fully saturated rings. The van der Waals surface area contributed by atoms with Gasteiger partial charge in [-0.3, -0.25) is 4.99 Å². The van der Waals surface area contributed by atoms with Gasteiger partial charge in [0.1, 0.15) is 11.2 Å². The summed E-state index contributed by atoms with van der Waals surface area (Å²) < 4.78 is 11.2. The molecule has 64 heavy (non-hydrogen) atoms. The summed E-state index contributed by atoms with van der Waals surface area (Å²) in [5.41, 5.74) is 11.3. The SMILES string of the molecule is C=NC(=NC(=NCc1ccccc1)c1cccc2oc3cc(-c4nc(-c5ccc6c7ccccc7n(-c7ccccc7)c6c5)c5sc6ccccc6c5n4)ccc3c12)c1ccccc1. The van der Waals surface area contributed by atoms with E-state index in [1.54, 1.807) is 11.3 Å². The molecule has 0 bridgehead atoms. The Labute approximate surface area is 371 Å². The Morgan fingerprint density at radius 1 is 0.578 bits per heavy atom. The summed E-state index contributed by atoms with van der Waals surface area (Å²) >= 11 is 1.73. The van der Waals surface area contributed by atoms with Crippen LogP contribution in [0.1, 0.15) is 16.7 Å². The van der Waals surface area contributed by atoms with Gasteiger partial charge < -0.3 is 8.98 Å². The lowest BCUT2D eigenvalue weighted by Crippen LogP contribution is -2.06. The molecule has 0 unspecified atom stereocenters. The Morgan fingerprint density at radius 2 is 1.28 bits per heavy atom. The van der Waals surface area contributed by atoms with Gasteiger partial charge in [0.15, 0.2) is 17.5 Å². The molecular formula is C56H36N6OS. The van der Waals surface area contributed by atoms with Crippen LogP contribution in [0.4, 0.5) is 0 Å². The van der Waals surface area contributed by atoms with Crippen molar-refractivity contribution in [3.63, 3.8) is 0 Å². The average Bonchev–Trinajstić information content (AvgIpc) is 4.04. The Kier molecular flexibility index (Phi) is 9.09. The zero-order valence-corrected chi connectivity index (χ0v) is 35.2. The number of hydrogen-bond donors (Lipinski definition) is 0. The largest absolute Gasteiger partial charge is 0.456 e. The van der Waals surface area contributed by atoms with Crippen molar-refractivity contribution in [1.82, 2.24) is 14.5 Å². The minimum absolute atomic E-state index is 0.441. The van der Waals surface area contributed by atoms with Crippen LogP contribution in [-0.2, 0) is 6.54 Å². The first-order chi connectivity index (χ1) is 31.7. The maximum Gasteiger partial charge on any atom is 0.161 e. The Hall–Kier alpha value is -8.33. The average molecular weight is 841 g/mol. The van der Waals surface area contributed by atoms with Gasteiger partial charge in [-0.2, -0.15) is 0 Å². The lowest BCUT2D eigenvalue weighted by Gasteiger charge is -2.10. The number of hydrogen-bond acceptors (Lipinski definition) is 5. The van der Waals surface area contributed by atoms with Crippen LogP contribution in [0.3, 0.4) is 0 Å². The van der Waals surface area contributed by atoms with Crippen molar-refractivity contribution in [2.24, 2.45) is 15.0 Å². The highest BCUT2D eigenvalue weighted by Gasteiger charge is 2.21. The van der Waals surface area contributed by atoms with E-state index in [0.29, 0.717) is 29.6 Å². The van der Waals surface area contributed by atoms with Gasteiger partial charge in [0.05, 0.1) is 33.5 Å². The molecule has 0 spiro atoms. The van der Waals surface area contributed by atoms with Crippen LogP contribution in [0.2, 0.25) is 0 Å². The molecule has 8 aromatic carbocycles. The molecule has 8 heteroatoms. The molecule has 0 saturated heterocycles. The molecule has 0 aliphatic carbocycles.